The zero-order valence-electron chi connectivity index (χ0n) is 17.5. The number of hydrogen-bond donors (Lipinski definition) is 1. The Balaban J connectivity index is 1.68. The highest BCUT2D eigenvalue weighted by Crippen LogP contribution is 2.30. The van der Waals surface area contributed by atoms with E-state index in [1.807, 2.05) is 31.2 Å². The van der Waals surface area contributed by atoms with Crippen molar-refractivity contribution < 1.29 is 19.1 Å². The third-order valence-electron chi connectivity index (χ3n) is 5.15. The summed E-state index contributed by atoms with van der Waals surface area (Å²) in [5.41, 5.74) is 2.35. The molecule has 0 spiro atoms. The third-order valence-corrected chi connectivity index (χ3v) is 6.03. The fraction of sp³-hybridized carbons (Fsp3) is 0.455. The predicted octanol–water partition coefficient (Wildman–Crippen LogP) is 3.87. The summed E-state index contributed by atoms with van der Waals surface area (Å²) in [5, 5.41) is 5.04. The molecule has 2 amide bonds. The lowest BCUT2D eigenvalue weighted by molar-refractivity contribution is -0.150. The van der Waals surface area contributed by atoms with E-state index in [0.717, 1.165) is 36.9 Å². The second-order valence-corrected chi connectivity index (χ2v) is 8.48. The number of nitrogens with one attached hydrogen (secondary N) is 1. The van der Waals surface area contributed by atoms with E-state index in [9.17, 15) is 14.4 Å². The van der Waals surface area contributed by atoms with Crippen LogP contribution < -0.4 is 10.2 Å². The summed E-state index contributed by atoms with van der Waals surface area (Å²) < 4.78 is 5.47. The quantitative estimate of drug-likeness (QED) is 0.675. The van der Waals surface area contributed by atoms with Crippen LogP contribution in [0.25, 0.3) is 0 Å². The molecular formula is C22H27N3O4S. The molecule has 1 unspecified atom stereocenters. The van der Waals surface area contributed by atoms with Crippen molar-refractivity contribution in [2.45, 2.75) is 59.1 Å². The van der Waals surface area contributed by atoms with Gasteiger partial charge in [-0.05, 0) is 43.4 Å². The van der Waals surface area contributed by atoms with Gasteiger partial charge in [-0.15, -0.1) is 11.3 Å². The standard InChI is InChI=1S/C22H27N3O4S/c1-14-7-6-10-19(11-14)25(16(3)27)22-24-18(13-30-22)12-29-21(28)20(23-15(2)26)17-8-4-5-9-17/h6-7,10-11,13,17,20H,4-5,8-9,12H2,1-3H3,(H,23,26). The molecule has 2 aromatic rings. The maximum absolute atomic E-state index is 12.6. The molecule has 7 nitrogen and oxygen atoms in total. The molecule has 1 aromatic carbocycles. The summed E-state index contributed by atoms with van der Waals surface area (Å²) in [6.07, 6.45) is 3.93. The molecule has 1 aromatic heterocycles. The highest BCUT2D eigenvalue weighted by molar-refractivity contribution is 7.14. The number of benzene rings is 1. The van der Waals surface area contributed by atoms with Gasteiger partial charge in [0.2, 0.25) is 11.8 Å². The Morgan fingerprint density at radius 1 is 1.27 bits per heavy atom. The number of amides is 2. The van der Waals surface area contributed by atoms with E-state index in [2.05, 4.69) is 10.3 Å². The maximum atomic E-state index is 12.6. The molecule has 1 N–H and O–H groups in total. The van der Waals surface area contributed by atoms with Gasteiger partial charge in [0.05, 0.1) is 11.4 Å². The number of rotatable bonds is 7. The molecule has 0 saturated heterocycles. The maximum Gasteiger partial charge on any atom is 0.329 e. The van der Waals surface area contributed by atoms with Crippen molar-refractivity contribution in [3.63, 3.8) is 0 Å². The molecule has 0 aliphatic heterocycles. The summed E-state index contributed by atoms with van der Waals surface area (Å²) in [4.78, 5) is 42.4. The van der Waals surface area contributed by atoms with Crippen molar-refractivity contribution in [2.75, 3.05) is 4.90 Å². The van der Waals surface area contributed by atoms with E-state index < -0.39 is 12.0 Å². The second-order valence-electron chi connectivity index (χ2n) is 7.65. The van der Waals surface area contributed by atoms with Gasteiger partial charge in [-0.3, -0.25) is 14.5 Å². The molecule has 1 saturated carbocycles. The number of hydrogen-bond acceptors (Lipinski definition) is 6. The van der Waals surface area contributed by atoms with Crippen LogP contribution in [0.1, 0.15) is 50.8 Å². The number of aryl methyl sites for hydroxylation is 1. The lowest BCUT2D eigenvalue weighted by Crippen LogP contribution is -2.45. The van der Waals surface area contributed by atoms with E-state index in [1.54, 1.807) is 10.3 Å². The zero-order valence-corrected chi connectivity index (χ0v) is 18.3. The van der Waals surface area contributed by atoms with Crippen LogP contribution in [0.5, 0.6) is 0 Å². The Labute approximate surface area is 180 Å². The van der Waals surface area contributed by atoms with Gasteiger partial charge in [0.25, 0.3) is 0 Å². The number of aromatic nitrogens is 1. The Bertz CT molecular complexity index is 921. The molecular weight excluding hydrogens is 402 g/mol. The molecule has 30 heavy (non-hydrogen) atoms. The van der Waals surface area contributed by atoms with Crippen molar-refractivity contribution in [2.24, 2.45) is 5.92 Å². The minimum absolute atomic E-state index is 0.00228. The van der Waals surface area contributed by atoms with Crippen LogP contribution in [0, 0.1) is 12.8 Å². The van der Waals surface area contributed by atoms with Gasteiger partial charge in [-0.25, -0.2) is 9.78 Å². The van der Waals surface area contributed by atoms with Gasteiger partial charge in [-0.2, -0.15) is 0 Å². The van der Waals surface area contributed by atoms with Crippen molar-refractivity contribution in [1.29, 1.82) is 0 Å². The first-order valence-corrected chi connectivity index (χ1v) is 11.0. The Morgan fingerprint density at radius 2 is 2.00 bits per heavy atom. The highest BCUT2D eigenvalue weighted by Gasteiger charge is 2.32. The van der Waals surface area contributed by atoms with Crippen LogP contribution in [0.2, 0.25) is 0 Å². The van der Waals surface area contributed by atoms with Gasteiger partial charge < -0.3 is 10.1 Å². The molecule has 1 heterocycles. The van der Waals surface area contributed by atoms with Crippen molar-refractivity contribution in [3.8, 4) is 0 Å². The summed E-state index contributed by atoms with van der Waals surface area (Å²) in [6, 6.07) is 7.01. The Morgan fingerprint density at radius 3 is 2.63 bits per heavy atom. The first-order valence-electron chi connectivity index (χ1n) is 10.1. The summed E-state index contributed by atoms with van der Waals surface area (Å²) in [6.45, 7) is 4.86. The molecule has 1 atom stereocenters. The SMILES string of the molecule is CC(=O)NC(C(=O)OCc1csc(N(C(C)=O)c2cccc(C)c2)n1)C1CCCC1. The van der Waals surface area contributed by atoms with Gasteiger partial charge in [0, 0.05) is 19.2 Å². The zero-order chi connectivity index (χ0) is 21.7. The number of thiazole rings is 1. The molecule has 8 heteroatoms. The van der Waals surface area contributed by atoms with E-state index >= 15 is 0 Å². The predicted molar refractivity (Wildman–Crippen MR) is 115 cm³/mol. The highest BCUT2D eigenvalue weighted by atomic mass is 32.1. The van der Waals surface area contributed by atoms with Crippen molar-refractivity contribution >= 4 is 39.9 Å². The average Bonchev–Trinajstić information content (AvgIpc) is 3.36. The van der Waals surface area contributed by atoms with Gasteiger partial charge in [0.1, 0.15) is 12.6 Å². The number of anilines is 2. The van der Waals surface area contributed by atoms with Gasteiger partial charge >= 0.3 is 5.97 Å². The molecule has 0 radical (unpaired) electrons. The van der Waals surface area contributed by atoms with E-state index in [4.69, 9.17) is 4.74 Å². The van der Waals surface area contributed by atoms with Crippen LogP contribution in [0.3, 0.4) is 0 Å². The van der Waals surface area contributed by atoms with E-state index in [0.29, 0.717) is 10.8 Å². The van der Waals surface area contributed by atoms with Crippen LogP contribution in [-0.2, 0) is 25.7 Å². The molecule has 160 valence electrons. The van der Waals surface area contributed by atoms with Crippen LogP contribution >= 0.6 is 11.3 Å². The topological polar surface area (TPSA) is 88.6 Å². The smallest absolute Gasteiger partial charge is 0.329 e. The number of nitrogens with zero attached hydrogens (tertiary/aromatic N) is 2. The molecule has 1 aliphatic rings. The second kappa shape index (κ2) is 9.84. The van der Waals surface area contributed by atoms with Gasteiger partial charge in [0.15, 0.2) is 5.13 Å². The number of carbonyl (C=O) groups excluding carboxylic acids is 3. The minimum atomic E-state index is -0.621. The van der Waals surface area contributed by atoms with Crippen LogP contribution in [-0.4, -0.2) is 28.8 Å². The normalized spacial score (nSPS) is 14.9. The monoisotopic (exact) mass is 429 g/mol. The minimum Gasteiger partial charge on any atom is -0.458 e. The molecule has 3 rings (SSSR count). The first-order chi connectivity index (χ1) is 14.3. The summed E-state index contributed by atoms with van der Waals surface area (Å²) in [5.74, 6) is -0.712. The number of ether oxygens (including phenoxy) is 1. The lowest BCUT2D eigenvalue weighted by atomic mass is 9.98. The Hall–Kier alpha value is -2.74. The fourth-order valence-electron chi connectivity index (χ4n) is 3.77. The van der Waals surface area contributed by atoms with E-state index in [-0.39, 0.29) is 24.3 Å². The molecule has 1 aliphatic carbocycles. The fourth-order valence-corrected chi connectivity index (χ4v) is 4.64. The van der Waals surface area contributed by atoms with E-state index in [1.165, 1.54) is 25.2 Å². The molecule has 1 fully saturated rings. The van der Waals surface area contributed by atoms with Gasteiger partial charge in [-0.1, -0.05) is 25.0 Å². The summed E-state index contributed by atoms with van der Waals surface area (Å²) >= 11 is 1.32. The van der Waals surface area contributed by atoms with Crippen LogP contribution in [0.4, 0.5) is 10.8 Å². The number of carbonyl (C=O) groups is 3. The van der Waals surface area contributed by atoms with Crippen LogP contribution in [0.15, 0.2) is 29.6 Å². The first kappa shape index (κ1) is 22.0. The van der Waals surface area contributed by atoms with Crippen molar-refractivity contribution in [1.82, 2.24) is 10.3 Å². The van der Waals surface area contributed by atoms with Crippen molar-refractivity contribution in [3.05, 3.63) is 40.9 Å². The Kier molecular flexibility index (Phi) is 7.20. The number of esters is 1. The largest absolute Gasteiger partial charge is 0.458 e. The average molecular weight is 430 g/mol. The summed E-state index contributed by atoms with van der Waals surface area (Å²) in [7, 11) is 0. The molecule has 0 bridgehead atoms. The third kappa shape index (κ3) is 5.44. The lowest BCUT2D eigenvalue weighted by Gasteiger charge is -2.22.